The fourth-order valence-electron chi connectivity index (χ4n) is 3.43. The van der Waals surface area contributed by atoms with Crippen LogP contribution in [0.5, 0.6) is 0 Å². The Bertz CT molecular complexity index is 938. The van der Waals surface area contributed by atoms with Crippen LogP contribution in [0.4, 0.5) is 5.82 Å². The van der Waals surface area contributed by atoms with Crippen LogP contribution in [0.3, 0.4) is 0 Å². The minimum atomic E-state index is 0.186. The highest BCUT2D eigenvalue weighted by Gasteiger charge is 2.31. The smallest absolute Gasteiger partial charge is 0.129 e. The summed E-state index contributed by atoms with van der Waals surface area (Å²) < 4.78 is 1.94. The molecule has 2 aromatic heterocycles. The topological polar surface area (TPSA) is 42.7 Å². The highest BCUT2D eigenvalue weighted by molar-refractivity contribution is 7.99. The number of pyridine rings is 1. The number of thioether (sulfide) groups is 1. The molecular weight excluding hydrogens is 364 g/mol. The van der Waals surface area contributed by atoms with Gasteiger partial charge in [0.2, 0.25) is 0 Å². The zero-order valence-corrected chi connectivity index (χ0v) is 16.6. The van der Waals surface area contributed by atoms with Crippen LogP contribution in [-0.2, 0) is 7.05 Å². The molecule has 2 atom stereocenters. The van der Waals surface area contributed by atoms with E-state index in [1.807, 2.05) is 60.0 Å². The van der Waals surface area contributed by atoms with Crippen molar-refractivity contribution in [2.24, 2.45) is 7.05 Å². The summed E-state index contributed by atoms with van der Waals surface area (Å²) >= 11 is 8.14. The van der Waals surface area contributed by atoms with Gasteiger partial charge in [-0.2, -0.15) is 5.10 Å². The Kier molecular flexibility index (Phi) is 4.67. The molecule has 0 unspecified atom stereocenters. The first-order valence-corrected chi connectivity index (χ1v) is 10.1. The van der Waals surface area contributed by atoms with Crippen LogP contribution in [0.1, 0.15) is 28.9 Å². The Morgan fingerprint density at radius 2 is 2.12 bits per heavy atom. The summed E-state index contributed by atoms with van der Waals surface area (Å²) in [6, 6.07) is 12.5. The van der Waals surface area contributed by atoms with E-state index in [0.717, 1.165) is 28.0 Å². The van der Waals surface area contributed by atoms with Crippen molar-refractivity contribution < 1.29 is 0 Å². The van der Waals surface area contributed by atoms with Crippen molar-refractivity contribution in [3.8, 4) is 11.4 Å². The Morgan fingerprint density at radius 1 is 1.27 bits per heavy atom. The van der Waals surface area contributed by atoms with Crippen LogP contribution in [0.15, 0.2) is 42.6 Å². The Morgan fingerprint density at radius 3 is 2.85 bits per heavy atom. The molecule has 0 amide bonds. The second-order valence-corrected chi connectivity index (χ2v) is 8.28. The van der Waals surface area contributed by atoms with Gasteiger partial charge in [0.15, 0.2) is 0 Å². The molecule has 0 bridgehead atoms. The summed E-state index contributed by atoms with van der Waals surface area (Å²) in [6.07, 6.45) is 1.82. The third-order valence-electron chi connectivity index (χ3n) is 4.66. The number of hydrogen-bond acceptors (Lipinski definition) is 4. The molecule has 1 N–H and O–H groups in total. The predicted molar refractivity (Wildman–Crippen MR) is 110 cm³/mol. The van der Waals surface area contributed by atoms with E-state index in [2.05, 4.69) is 30.2 Å². The molecule has 0 radical (unpaired) electrons. The first kappa shape index (κ1) is 17.4. The molecule has 0 saturated carbocycles. The van der Waals surface area contributed by atoms with Gasteiger partial charge < -0.3 is 5.32 Å². The van der Waals surface area contributed by atoms with E-state index in [-0.39, 0.29) is 5.25 Å². The van der Waals surface area contributed by atoms with E-state index in [9.17, 15) is 0 Å². The molecule has 3 heterocycles. The first-order chi connectivity index (χ1) is 12.5. The summed E-state index contributed by atoms with van der Waals surface area (Å²) in [5.41, 5.74) is 5.52. The summed E-state index contributed by atoms with van der Waals surface area (Å²) in [5, 5.41) is 9.41. The standard InChI is InChI=1S/C20H21ClN4S/c1-12-10-14(21)7-8-15(12)19-17-18(16-6-4-5-9-22-16)24-25(3)20(17)23-13(2)11-26-19/h4-10,13,19,23H,11H2,1-3H3/t13-,19-/m0/s1. The van der Waals surface area contributed by atoms with Gasteiger partial charge in [-0.25, -0.2) is 0 Å². The van der Waals surface area contributed by atoms with Gasteiger partial charge in [0, 0.05) is 35.6 Å². The van der Waals surface area contributed by atoms with Gasteiger partial charge in [-0.15, -0.1) is 11.8 Å². The van der Waals surface area contributed by atoms with Crippen LogP contribution in [0, 0.1) is 6.92 Å². The molecule has 1 aromatic carbocycles. The molecule has 3 aromatic rings. The number of anilines is 1. The third-order valence-corrected chi connectivity index (χ3v) is 6.41. The maximum absolute atomic E-state index is 6.20. The minimum absolute atomic E-state index is 0.186. The molecule has 134 valence electrons. The van der Waals surface area contributed by atoms with Gasteiger partial charge in [0.05, 0.1) is 10.9 Å². The second-order valence-electron chi connectivity index (χ2n) is 6.71. The molecule has 4 nitrogen and oxygen atoms in total. The highest BCUT2D eigenvalue weighted by Crippen LogP contribution is 2.47. The quantitative estimate of drug-likeness (QED) is 0.669. The van der Waals surface area contributed by atoms with Crippen molar-refractivity contribution in [3.63, 3.8) is 0 Å². The number of hydrogen-bond donors (Lipinski definition) is 1. The van der Waals surface area contributed by atoms with Crippen molar-refractivity contribution in [3.05, 3.63) is 64.3 Å². The van der Waals surface area contributed by atoms with Crippen LogP contribution in [0.25, 0.3) is 11.4 Å². The lowest BCUT2D eigenvalue weighted by atomic mass is 9.98. The molecular formula is C20H21ClN4S. The Balaban J connectivity index is 1.94. The molecule has 0 fully saturated rings. The van der Waals surface area contributed by atoms with Crippen molar-refractivity contribution in [2.75, 3.05) is 11.1 Å². The van der Waals surface area contributed by atoms with Gasteiger partial charge in [0.25, 0.3) is 0 Å². The maximum atomic E-state index is 6.20. The predicted octanol–water partition coefficient (Wildman–Crippen LogP) is 5.08. The molecule has 0 saturated heterocycles. The number of halogens is 1. The number of nitrogens with zero attached hydrogens (tertiary/aromatic N) is 3. The van der Waals surface area contributed by atoms with Crippen molar-refractivity contribution >= 4 is 29.2 Å². The number of rotatable bonds is 2. The minimum Gasteiger partial charge on any atom is -0.367 e. The van der Waals surface area contributed by atoms with Crippen molar-refractivity contribution in [1.82, 2.24) is 14.8 Å². The molecule has 4 rings (SSSR count). The molecule has 0 aliphatic carbocycles. The van der Waals surface area contributed by atoms with Crippen molar-refractivity contribution in [1.29, 1.82) is 0 Å². The number of aromatic nitrogens is 3. The lowest BCUT2D eigenvalue weighted by Crippen LogP contribution is -2.18. The van der Waals surface area contributed by atoms with E-state index in [4.69, 9.17) is 16.7 Å². The normalized spacial score (nSPS) is 19.5. The SMILES string of the molecule is Cc1cc(Cl)ccc1[C@@H]1SC[C@H](C)Nc2c1c(-c1ccccn1)nn2C. The zero-order valence-electron chi connectivity index (χ0n) is 15.0. The average Bonchev–Trinajstić information content (AvgIpc) is 2.83. The van der Waals surface area contributed by atoms with Gasteiger partial charge in [-0.3, -0.25) is 9.67 Å². The fourth-order valence-corrected chi connectivity index (χ4v) is 5.05. The number of fused-ring (bicyclic) bond motifs is 1. The monoisotopic (exact) mass is 384 g/mol. The molecule has 0 spiro atoms. The number of aryl methyl sites for hydroxylation is 2. The van der Waals surface area contributed by atoms with E-state index in [1.165, 1.54) is 16.7 Å². The first-order valence-electron chi connectivity index (χ1n) is 8.67. The van der Waals surface area contributed by atoms with E-state index in [1.54, 1.807) is 0 Å². The van der Waals surface area contributed by atoms with E-state index >= 15 is 0 Å². The van der Waals surface area contributed by atoms with Gasteiger partial charge >= 0.3 is 0 Å². The van der Waals surface area contributed by atoms with Crippen molar-refractivity contribution in [2.45, 2.75) is 25.1 Å². The lowest BCUT2D eigenvalue weighted by Gasteiger charge is -2.18. The third kappa shape index (κ3) is 3.10. The Labute approximate surface area is 163 Å². The van der Waals surface area contributed by atoms with E-state index in [0.29, 0.717) is 6.04 Å². The largest absolute Gasteiger partial charge is 0.367 e. The summed E-state index contributed by atoms with van der Waals surface area (Å²) in [7, 11) is 1.99. The van der Waals surface area contributed by atoms with Crippen LogP contribution >= 0.6 is 23.4 Å². The molecule has 1 aliphatic heterocycles. The fraction of sp³-hybridized carbons (Fsp3) is 0.300. The van der Waals surface area contributed by atoms with Crippen LogP contribution < -0.4 is 5.32 Å². The van der Waals surface area contributed by atoms with Gasteiger partial charge in [-0.1, -0.05) is 23.7 Å². The highest BCUT2D eigenvalue weighted by atomic mass is 35.5. The second kappa shape index (κ2) is 6.97. The lowest BCUT2D eigenvalue weighted by molar-refractivity contribution is 0.757. The maximum Gasteiger partial charge on any atom is 0.129 e. The summed E-state index contributed by atoms with van der Waals surface area (Å²) in [4.78, 5) is 4.55. The molecule has 6 heteroatoms. The van der Waals surface area contributed by atoms with Crippen LogP contribution in [0.2, 0.25) is 5.02 Å². The zero-order chi connectivity index (χ0) is 18.3. The summed E-state index contributed by atoms with van der Waals surface area (Å²) in [5.74, 6) is 2.09. The summed E-state index contributed by atoms with van der Waals surface area (Å²) in [6.45, 7) is 4.33. The van der Waals surface area contributed by atoms with Crippen LogP contribution in [-0.4, -0.2) is 26.6 Å². The number of benzene rings is 1. The van der Waals surface area contributed by atoms with E-state index < -0.39 is 0 Å². The number of nitrogens with one attached hydrogen (secondary N) is 1. The molecule has 26 heavy (non-hydrogen) atoms. The van der Waals surface area contributed by atoms with Gasteiger partial charge in [0.1, 0.15) is 11.5 Å². The van der Waals surface area contributed by atoms with Gasteiger partial charge in [-0.05, 0) is 49.2 Å². The average molecular weight is 385 g/mol. The Hall–Kier alpha value is -1.98. The molecule has 1 aliphatic rings.